The zero-order valence-corrected chi connectivity index (χ0v) is 7.85. The second-order valence-electron chi connectivity index (χ2n) is 3.54. The van der Waals surface area contributed by atoms with Crippen LogP contribution in [0.2, 0.25) is 0 Å². The quantitative estimate of drug-likeness (QED) is 0.606. The predicted molar refractivity (Wildman–Crippen MR) is 45.1 cm³/mol. The number of hydrogen-bond donors (Lipinski definition) is 2. The van der Waals surface area contributed by atoms with E-state index in [9.17, 15) is 5.11 Å². The SMILES string of the molecule is CCCNC(O)OC(C)(C)C. The van der Waals surface area contributed by atoms with Crippen molar-refractivity contribution < 1.29 is 9.84 Å². The van der Waals surface area contributed by atoms with Gasteiger partial charge in [0.25, 0.3) is 0 Å². The van der Waals surface area contributed by atoms with Crippen LogP contribution in [0, 0.1) is 0 Å². The predicted octanol–water partition coefficient (Wildman–Crippen LogP) is 1.08. The molecule has 0 heterocycles. The van der Waals surface area contributed by atoms with Crippen LogP contribution in [-0.4, -0.2) is 23.7 Å². The average Bonchev–Trinajstić information content (AvgIpc) is 1.79. The number of ether oxygens (including phenoxy) is 1. The summed E-state index contributed by atoms with van der Waals surface area (Å²) in [6, 6.07) is 0. The zero-order chi connectivity index (χ0) is 8.91. The van der Waals surface area contributed by atoms with Gasteiger partial charge in [-0.25, -0.2) is 0 Å². The summed E-state index contributed by atoms with van der Waals surface area (Å²) >= 11 is 0. The molecule has 0 aliphatic heterocycles. The number of hydrogen-bond acceptors (Lipinski definition) is 3. The van der Waals surface area contributed by atoms with Crippen LogP contribution in [0.5, 0.6) is 0 Å². The first-order valence-electron chi connectivity index (χ1n) is 4.05. The highest BCUT2D eigenvalue weighted by molar-refractivity contribution is 4.59. The highest BCUT2D eigenvalue weighted by Crippen LogP contribution is 2.07. The minimum atomic E-state index is -0.838. The van der Waals surface area contributed by atoms with Crippen LogP contribution in [0.25, 0.3) is 0 Å². The van der Waals surface area contributed by atoms with Gasteiger partial charge < -0.3 is 9.84 Å². The van der Waals surface area contributed by atoms with Gasteiger partial charge >= 0.3 is 0 Å². The van der Waals surface area contributed by atoms with E-state index in [2.05, 4.69) is 5.32 Å². The molecule has 1 atom stereocenters. The van der Waals surface area contributed by atoms with Gasteiger partial charge in [-0.1, -0.05) is 6.92 Å². The molecule has 0 radical (unpaired) electrons. The normalized spacial score (nSPS) is 15.0. The Hall–Kier alpha value is -0.120. The third kappa shape index (κ3) is 7.78. The Kier molecular flexibility index (Phi) is 4.65. The smallest absolute Gasteiger partial charge is 0.213 e. The molecular formula is C8H19NO2. The molecular weight excluding hydrogens is 142 g/mol. The summed E-state index contributed by atoms with van der Waals surface area (Å²) in [6.45, 7) is 8.53. The maximum absolute atomic E-state index is 9.18. The first-order chi connectivity index (χ1) is 4.95. The molecule has 1 unspecified atom stereocenters. The Morgan fingerprint density at radius 3 is 2.36 bits per heavy atom. The van der Waals surface area contributed by atoms with Gasteiger partial charge in [0.1, 0.15) is 0 Å². The molecule has 0 bridgehead atoms. The van der Waals surface area contributed by atoms with Gasteiger partial charge in [0, 0.05) is 0 Å². The minimum absolute atomic E-state index is 0.292. The number of aliphatic hydroxyl groups is 1. The van der Waals surface area contributed by atoms with Gasteiger partial charge in [0.05, 0.1) is 5.60 Å². The van der Waals surface area contributed by atoms with E-state index in [1.54, 1.807) is 0 Å². The largest absolute Gasteiger partial charge is 0.356 e. The molecule has 0 fully saturated rings. The minimum Gasteiger partial charge on any atom is -0.356 e. The van der Waals surface area contributed by atoms with E-state index in [0.717, 1.165) is 13.0 Å². The van der Waals surface area contributed by atoms with Crippen molar-refractivity contribution in [3.63, 3.8) is 0 Å². The van der Waals surface area contributed by atoms with Crippen molar-refractivity contribution in [2.24, 2.45) is 0 Å². The molecule has 2 N–H and O–H groups in total. The Labute approximate surface area is 68.8 Å². The molecule has 0 aliphatic carbocycles. The third-order valence-corrected chi connectivity index (χ3v) is 1.03. The fourth-order valence-corrected chi connectivity index (χ4v) is 0.644. The van der Waals surface area contributed by atoms with Crippen LogP contribution in [0.4, 0.5) is 0 Å². The summed E-state index contributed by atoms with van der Waals surface area (Å²) < 4.78 is 5.18. The van der Waals surface area contributed by atoms with E-state index >= 15 is 0 Å². The number of rotatable bonds is 4. The van der Waals surface area contributed by atoms with Crippen molar-refractivity contribution >= 4 is 0 Å². The van der Waals surface area contributed by atoms with E-state index in [1.165, 1.54) is 0 Å². The van der Waals surface area contributed by atoms with Crippen LogP contribution in [0.3, 0.4) is 0 Å². The molecule has 0 spiro atoms. The van der Waals surface area contributed by atoms with Crippen molar-refractivity contribution in [2.45, 2.75) is 46.1 Å². The highest BCUT2D eigenvalue weighted by Gasteiger charge is 2.15. The van der Waals surface area contributed by atoms with Gasteiger partial charge in [-0.05, 0) is 33.7 Å². The molecule has 3 heteroatoms. The fraction of sp³-hybridized carbons (Fsp3) is 1.00. The first-order valence-corrected chi connectivity index (χ1v) is 4.05. The summed E-state index contributed by atoms with van der Waals surface area (Å²) in [5.74, 6) is 0. The molecule has 0 aliphatic rings. The van der Waals surface area contributed by atoms with Crippen molar-refractivity contribution in [1.29, 1.82) is 0 Å². The second-order valence-corrected chi connectivity index (χ2v) is 3.54. The molecule has 0 aromatic carbocycles. The van der Waals surface area contributed by atoms with E-state index in [1.807, 2.05) is 27.7 Å². The van der Waals surface area contributed by atoms with E-state index < -0.39 is 6.41 Å². The van der Waals surface area contributed by atoms with Crippen LogP contribution >= 0.6 is 0 Å². The van der Waals surface area contributed by atoms with Gasteiger partial charge in [0.15, 0.2) is 0 Å². The standard InChI is InChI=1S/C8H19NO2/c1-5-6-9-7(10)11-8(2,3)4/h7,9-10H,5-6H2,1-4H3. The number of nitrogens with one attached hydrogen (secondary N) is 1. The van der Waals surface area contributed by atoms with Crippen molar-refractivity contribution in [2.75, 3.05) is 6.54 Å². The third-order valence-electron chi connectivity index (χ3n) is 1.03. The van der Waals surface area contributed by atoms with Crippen molar-refractivity contribution in [3.05, 3.63) is 0 Å². The monoisotopic (exact) mass is 161 g/mol. The summed E-state index contributed by atoms with van der Waals surface area (Å²) in [5, 5.41) is 12.0. The molecule has 3 nitrogen and oxygen atoms in total. The Balaban J connectivity index is 3.44. The van der Waals surface area contributed by atoms with Crippen LogP contribution < -0.4 is 5.32 Å². The fourth-order valence-electron chi connectivity index (χ4n) is 0.644. The maximum Gasteiger partial charge on any atom is 0.213 e. The van der Waals surface area contributed by atoms with Gasteiger partial charge in [0.2, 0.25) is 6.41 Å². The summed E-state index contributed by atoms with van der Waals surface area (Å²) in [4.78, 5) is 0. The molecule has 0 aromatic heterocycles. The van der Waals surface area contributed by atoms with E-state index in [0.29, 0.717) is 0 Å². The van der Waals surface area contributed by atoms with Gasteiger partial charge in [-0.2, -0.15) is 0 Å². The summed E-state index contributed by atoms with van der Waals surface area (Å²) in [6.07, 6.45) is 0.153. The molecule has 0 rings (SSSR count). The van der Waals surface area contributed by atoms with E-state index in [4.69, 9.17) is 4.74 Å². The summed E-state index contributed by atoms with van der Waals surface area (Å²) in [5.41, 5.74) is -0.292. The lowest BCUT2D eigenvalue weighted by Crippen LogP contribution is -2.38. The lowest BCUT2D eigenvalue weighted by Gasteiger charge is -2.24. The van der Waals surface area contributed by atoms with Crippen LogP contribution in [-0.2, 0) is 4.74 Å². The highest BCUT2D eigenvalue weighted by atomic mass is 16.6. The molecule has 0 saturated heterocycles. The van der Waals surface area contributed by atoms with Crippen LogP contribution in [0.1, 0.15) is 34.1 Å². The van der Waals surface area contributed by atoms with Gasteiger partial charge in [-0.3, -0.25) is 5.32 Å². The second kappa shape index (κ2) is 4.70. The molecule has 0 saturated carbocycles. The zero-order valence-electron chi connectivity index (χ0n) is 7.85. The van der Waals surface area contributed by atoms with E-state index in [-0.39, 0.29) is 5.60 Å². The number of aliphatic hydroxyl groups excluding tert-OH is 1. The molecule has 11 heavy (non-hydrogen) atoms. The lowest BCUT2D eigenvalue weighted by atomic mass is 10.2. The Bertz CT molecular complexity index is 98.8. The van der Waals surface area contributed by atoms with Crippen LogP contribution in [0.15, 0.2) is 0 Å². The maximum atomic E-state index is 9.18. The molecule has 0 amide bonds. The summed E-state index contributed by atoms with van der Waals surface area (Å²) in [7, 11) is 0. The lowest BCUT2D eigenvalue weighted by molar-refractivity contribution is -0.181. The Morgan fingerprint density at radius 1 is 1.45 bits per heavy atom. The molecule has 0 aromatic rings. The van der Waals surface area contributed by atoms with Crippen molar-refractivity contribution in [1.82, 2.24) is 5.32 Å². The average molecular weight is 161 g/mol. The Morgan fingerprint density at radius 2 is 2.00 bits per heavy atom. The van der Waals surface area contributed by atoms with Gasteiger partial charge in [-0.15, -0.1) is 0 Å². The first kappa shape index (κ1) is 10.9. The van der Waals surface area contributed by atoms with Crippen molar-refractivity contribution in [3.8, 4) is 0 Å². The molecule has 68 valence electrons. The topological polar surface area (TPSA) is 41.5 Å².